The largest absolute Gasteiger partial charge is 0.359 e. The average Bonchev–Trinajstić information content (AvgIpc) is 2.88. The molecule has 2 rings (SSSR count). The summed E-state index contributed by atoms with van der Waals surface area (Å²) in [6.45, 7) is 1.80. The van der Waals surface area contributed by atoms with E-state index in [0.29, 0.717) is 24.7 Å². The third-order valence-electron chi connectivity index (χ3n) is 2.99. The fraction of sp³-hybridized carbons (Fsp3) is 0.500. The van der Waals surface area contributed by atoms with Crippen molar-refractivity contribution in [3.05, 3.63) is 35.9 Å². The van der Waals surface area contributed by atoms with E-state index in [0.717, 1.165) is 18.5 Å². The van der Waals surface area contributed by atoms with Gasteiger partial charge in [0, 0.05) is 30.5 Å². The first-order valence-corrected chi connectivity index (χ1v) is 7.23. The molecule has 0 amide bonds. The average molecular weight is 281 g/mol. The second kappa shape index (κ2) is 7.65. The van der Waals surface area contributed by atoms with Gasteiger partial charge in [0.2, 0.25) is 5.12 Å². The number of carbonyl (C=O) groups is 1. The van der Waals surface area contributed by atoms with Crippen molar-refractivity contribution in [1.29, 1.82) is 0 Å². The first kappa shape index (κ1) is 14.5. The maximum absolute atomic E-state index is 12.1. The van der Waals surface area contributed by atoms with Crippen LogP contribution in [-0.4, -0.2) is 43.5 Å². The van der Waals surface area contributed by atoms with Crippen molar-refractivity contribution in [1.82, 2.24) is 5.32 Å². The minimum absolute atomic E-state index is 0.144. The van der Waals surface area contributed by atoms with Gasteiger partial charge in [0.1, 0.15) is 6.79 Å². The minimum atomic E-state index is 0.144. The lowest BCUT2D eigenvalue weighted by atomic mass is 10.2. The van der Waals surface area contributed by atoms with E-state index in [4.69, 9.17) is 9.47 Å². The molecule has 1 aromatic carbocycles. The topological polar surface area (TPSA) is 47.6 Å². The van der Waals surface area contributed by atoms with Gasteiger partial charge >= 0.3 is 0 Å². The number of hydrogen-bond donors (Lipinski definition) is 1. The van der Waals surface area contributed by atoms with Gasteiger partial charge in [0.25, 0.3) is 0 Å². The fourth-order valence-corrected chi connectivity index (χ4v) is 3.15. The first-order chi connectivity index (χ1) is 9.29. The molecule has 0 saturated carbocycles. The maximum Gasteiger partial charge on any atom is 0.219 e. The smallest absolute Gasteiger partial charge is 0.219 e. The number of nitrogens with one attached hydrogen (secondary N) is 1. The van der Waals surface area contributed by atoms with Crippen molar-refractivity contribution in [2.24, 2.45) is 0 Å². The summed E-state index contributed by atoms with van der Waals surface area (Å²) in [5.74, 6) is 0. The molecule has 0 aromatic heterocycles. The zero-order valence-electron chi connectivity index (χ0n) is 11.0. The summed E-state index contributed by atoms with van der Waals surface area (Å²) in [7, 11) is 1.61. The summed E-state index contributed by atoms with van der Waals surface area (Å²) in [5, 5.41) is 3.84. The van der Waals surface area contributed by atoms with Gasteiger partial charge < -0.3 is 14.8 Å². The van der Waals surface area contributed by atoms with Crippen LogP contribution in [-0.2, 0) is 9.47 Å². The molecule has 1 aromatic rings. The highest BCUT2D eigenvalue weighted by atomic mass is 32.2. The van der Waals surface area contributed by atoms with Crippen LogP contribution in [0, 0.1) is 0 Å². The van der Waals surface area contributed by atoms with E-state index in [1.807, 2.05) is 30.3 Å². The summed E-state index contributed by atoms with van der Waals surface area (Å²) >= 11 is 1.42. The van der Waals surface area contributed by atoms with Crippen LogP contribution >= 0.6 is 11.8 Å². The highest BCUT2D eigenvalue weighted by Gasteiger charge is 2.26. The molecule has 2 atom stereocenters. The summed E-state index contributed by atoms with van der Waals surface area (Å²) < 4.78 is 10.2. The van der Waals surface area contributed by atoms with E-state index >= 15 is 0 Å². The Morgan fingerprint density at radius 1 is 1.42 bits per heavy atom. The van der Waals surface area contributed by atoms with Gasteiger partial charge in [0.05, 0.1) is 6.61 Å². The van der Waals surface area contributed by atoms with Crippen molar-refractivity contribution in [2.75, 3.05) is 27.1 Å². The zero-order valence-corrected chi connectivity index (χ0v) is 11.8. The van der Waals surface area contributed by atoms with Crippen LogP contribution in [0.15, 0.2) is 30.3 Å². The molecule has 19 heavy (non-hydrogen) atoms. The summed E-state index contributed by atoms with van der Waals surface area (Å²) in [5.41, 5.74) is 0.770. The molecule has 0 bridgehead atoms. The van der Waals surface area contributed by atoms with Gasteiger partial charge in [-0.05, 0) is 6.42 Å². The maximum atomic E-state index is 12.1. The molecule has 1 fully saturated rings. The third kappa shape index (κ3) is 4.62. The van der Waals surface area contributed by atoms with Gasteiger partial charge in [-0.3, -0.25) is 4.79 Å². The molecule has 4 nitrogen and oxygen atoms in total. The van der Waals surface area contributed by atoms with Crippen LogP contribution in [0.5, 0.6) is 0 Å². The van der Waals surface area contributed by atoms with Crippen LogP contribution < -0.4 is 5.32 Å². The summed E-state index contributed by atoms with van der Waals surface area (Å²) in [6.07, 6.45) is 0.951. The number of methoxy groups -OCH3 is 1. The number of hydrogen-bond acceptors (Lipinski definition) is 5. The molecule has 1 saturated heterocycles. The Morgan fingerprint density at radius 2 is 2.21 bits per heavy atom. The Hall–Kier alpha value is -0.880. The molecule has 0 spiro atoms. The molecule has 1 aliphatic heterocycles. The number of benzene rings is 1. The van der Waals surface area contributed by atoms with E-state index in [1.54, 1.807) is 7.11 Å². The molecule has 1 heterocycles. The van der Waals surface area contributed by atoms with Crippen molar-refractivity contribution < 1.29 is 14.3 Å². The zero-order chi connectivity index (χ0) is 13.5. The predicted octanol–water partition coefficient (Wildman–Crippen LogP) is 1.91. The molecular formula is C14H19NO3S. The van der Waals surface area contributed by atoms with Crippen LogP contribution in [0.2, 0.25) is 0 Å². The SMILES string of the molecule is COCOC[C@@H]1C[C@H](SC(=O)c2ccccc2)CN1. The first-order valence-electron chi connectivity index (χ1n) is 6.35. The highest BCUT2D eigenvalue weighted by Crippen LogP contribution is 2.24. The number of rotatable bonds is 6. The lowest BCUT2D eigenvalue weighted by molar-refractivity contribution is -0.0364. The van der Waals surface area contributed by atoms with Gasteiger partial charge in [-0.2, -0.15) is 0 Å². The molecule has 5 heteroatoms. The van der Waals surface area contributed by atoms with Crippen LogP contribution in [0.4, 0.5) is 0 Å². The van der Waals surface area contributed by atoms with Crippen LogP contribution in [0.3, 0.4) is 0 Å². The Bertz CT molecular complexity index is 399. The Labute approximate surface area is 117 Å². The number of carbonyl (C=O) groups excluding carboxylic acids is 1. The normalized spacial score (nSPS) is 22.6. The molecule has 1 N–H and O–H groups in total. The van der Waals surface area contributed by atoms with Crippen molar-refractivity contribution in [2.45, 2.75) is 17.7 Å². The fourth-order valence-electron chi connectivity index (χ4n) is 2.07. The molecule has 1 aliphatic rings. The van der Waals surface area contributed by atoms with Crippen molar-refractivity contribution in [3.63, 3.8) is 0 Å². The van der Waals surface area contributed by atoms with E-state index < -0.39 is 0 Å². The lowest BCUT2D eigenvalue weighted by Gasteiger charge is -2.10. The molecule has 0 unspecified atom stereocenters. The van der Waals surface area contributed by atoms with Crippen molar-refractivity contribution in [3.8, 4) is 0 Å². The number of thioether (sulfide) groups is 1. The van der Waals surface area contributed by atoms with E-state index in [-0.39, 0.29) is 5.12 Å². The quantitative estimate of drug-likeness (QED) is 0.637. The predicted molar refractivity (Wildman–Crippen MR) is 76.4 cm³/mol. The highest BCUT2D eigenvalue weighted by molar-refractivity contribution is 8.14. The molecular weight excluding hydrogens is 262 g/mol. The van der Waals surface area contributed by atoms with Crippen molar-refractivity contribution >= 4 is 16.9 Å². The molecule has 0 radical (unpaired) electrons. The minimum Gasteiger partial charge on any atom is -0.359 e. The van der Waals surface area contributed by atoms with Gasteiger partial charge in [0.15, 0.2) is 0 Å². The Balaban J connectivity index is 1.74. The molecule has 104 valence electrons. The summed E-state index contributed by atoms with van der Waals surface area (Å²) in [4.78, 5) is 12.1. The second-order valence-corrected chi connectivity index (χ2v) is 5.78. The van der Waals surface area contributed by atoms with Crippen LogP contribution in [0.1, 0.15) is 16.8 Å². The Kier molecular flexibility index (Phi) is 5.85. The lowest BCUT2D eigenvalue weighted by Crippen LogP contribution is -2.27. The van der Waals surface area contributed by atoms with Gasteiger partial charge in [-0.15, -0.1) is 0 Å². The van der Waals surface area contributed by atoms with E-state index in [1.165, 1.54) is 11.8 Å². The van der Waals surface area contributed by atoms with Gasteiger partial charge in [-0.25, -0.2) is 0 Å². The monoisotopic (exact) mass is 281 g/mol. The molecule has 0 aliphatic carbocycles. The van der Waals surface area contributed by atoms with Gasteiger partial charge in [-0.1, -0.05) is 42.1 Å². The Morgan fingerprint density at radius 3 is 2.95 bits per heavy atom. The summed E-state index contributed by atoms with van der Waals surface area (Å²) in [6, 6.07) is 9.73. The van der Waals surface area contributed by atoms with E-state index in [2.05, 4.69) is 5.32 Å². The standard InChI is InChI=1S/C14H19NO3S/c1-17-10-18-9-12-7-13(8-15-12)19-14(16)11-5-3-2-4-6-11/h2-6,12-13,15H,7-10H2,1H3/t12-,13-/m0/s1. The second-order valence-electron chi connectivity index (χ2n) is 4.51. The van der Waals surface area contributed by atoms with E-state index in [9.17, 15) is 4.79 Å². The number of ether oxygens (including phenoxy) is 2. The van der Waals surface area contributed by atoms with Crippen LogP contribution in [0.25, 0.3) is 0 Å². The third-order valence-corrected chi connectivity index (χ3v) is 4.13.